The summed E-state index contributed by atoms with van der Waals surface area (Å²) in [6.07, 6.45) is -3.19. The van der Waals surface area contributed by atoms with Gasteiger partial charge in [-0.2, -0.15) is 0 Å². The number of ether oxygens (including phenoxy) is 6. The van der Waals surface area contributed by atoms with Crippen molar-refractivity contribution >= 4 is 12.4 Å². The van der Waals surface area contributed by atoms with Crippen LogP contribution < -0.4 is 0 Å². The van der Waals surface area contributed by atoms with Crippen LogP contribution in [-0.4, -0.2) is 55.2 Å². The summed E-state index contributed by atoms with van der Waals surface area (Å²) >= 11 is 0. The summed E-state index contributed by atoms with van der Waals surface area (Å²) in [6.45, 7) is 8.65. The van der Waals surface area contributed by atoms with Crippen molar-refractivity contribution in [1.82, 2.24) is 0 Å². The smallest absolute Gasteiger partial charge is 0.305 e. The van der Waals surface area contributed by atoms with E-state index in [2.05, 4.69) is 0 Å². The van der Waals surface area contributed by atoms with Crippen LogP contribution in [0.5, 0.6) is 0 Å². The van der Waals surface area contributed by atoms with Gasteiger partial charge in [0.2, 0.25) is 6.29 Å². The van der Waals surface area contributed by atoms with Crippen LogP contribution in [0.3, 0.4) is 0 Å². The predicted molar refractivity (Wildman–Crippen MR) is 71.4 cm³/mol. The first kappa shape index (κ1) is 17.1. The maximum atomic E-state index is 11.2. The van der Waals surface area contributed by atoms with Crippen LogP contribution in [-0.2, 0) is 38.0 Å². The van der Waals surface area contributed by atoms with E-state index in [0.29, 0.717) is 6.47 Å². The molecular weight excluding hydrogens is 296 g/mol. The quantitative estimate of drug-likeness (QED) is 0.541. The molecule has 22 heavy (non-hydrogen) atoms. The fourth-order valence-electron chi connectivity index (χ4n) is 2.55. The Balaban J connectivity index is 2.18. The average Bonchev–Trinajstić information content (AvgIpc) is 2.85. The molecule has 8 nitrogen and oxygen atoms in total. The van der Waals surface area contributed by atoms with Gasteiger partial charge in [0, 0.05) is 6.92 Å². The lowest BCUT2D eigenvalue weighted by Gasteiger charge is -2.28. The van der Waals surface area contributed by atoms with Gasteiger partial charge >= 0.3 is 5.97 Å². The van der Waals surface area contributed by atoms with Crippen molar-refractivity contribution in [2.75, 3.05) is 6.61 Å². The summed E-state index contributed by atoms with van der Waals surface area (Å²) in [6, 6.07) is 0. The maximum Gasteiger partial charge on any atom is 0.305 e. The zero-order valence-corrected chi connectivity index (χ0v) is 13.4. The molecule has 2 fully saturated rings. The molecule has 0 spiro atoms. The van der Waals surface area contributed by atoms with Gasteiger partial charge in [-0.25, -0.2) is 0 Å². The zero-order chi connectivity index (χ0) is 16.5. The van der Waals surface area contributed by atoms with Crippen molar-refractivity contribution in [2.45, 2.75) is 70.8 Å². The Kier molecular flexibility index (Phi) is 4.76. The highest BCUT2D eigenvalue weighted by atomic mass is 16.8. The Morgan fingerprint density at radius 1 is 1.18 bits per heavy atom. The van der Waals surface area contributed by atoms with Gasteiger partial charge in [-0.05, 0) is 27.7 Å². The van der Waals surface area contributed by atoms with E-state index in [0.717, 1.165) is 0 Å². The van der Waals surface area contributed by atoms with Gasteiger partial charge in [-0.3, -0.25) is 9.59 Å². The Hall–Kier alpha value is -1.22. The molecule has 2 heterocycles. The summed E-state index contributed by atoms with van der Waals surface area (Å²) in [4.78, 5) is 22.1. The molecule has 0 saturated carbocycles. The maximum absolute atomic E-state index is 11.2. The largest absolute Gasteiger partial charge is 0.459 e. The summed E-state index contributed by atoms with van der Waals surface area (Å²) in [5.41, 5.74) is 0. The molecule has 2 aliphatic rings. The first-order valence-electron chi connectivity index (χ1n) is 7.07. The van der Waals surface area contributed by atoms with E-state index in [-0.39, 0.29) is 6.61 Å². The molecule has 0 aromatic heterocycles. The number of hydrogen-bond acceptors (Lipinski definition) is 8. The number of esters is 1. The van der Waals surface area contributed by atoms with E-state index < -0.39 is 42.1 Å². The van der Waals surface area contributed by atoms with Crippen molar-refractivity contribution in [3.63, 3.8) is 0 Å². The number of rotatable bonds is 5. The molecule has 0 bridgehead atoms. The fraction of sp³-hybridized carbons (Fsp3) is 0.857. The third kappa shape index (κ3) is 3.95. The third-order valence-electron chi connectivity index (χ3n) is 3.30. The Labute approximate surface area is 128 Å². The monoisotopic (exact) mass is 318 g/mol. The topological polar surface area (TPSA) is 89.5 Å². The highest BCUT2D eigenvalue weighted by molar-refractivity contribution is 5.66. The number of carbonyl (C=O) groups is 2. The molecule has 0 aromatic carbocycles. The molecule has 0 aromatic rings. The molecule has 1 unspecified atom stereocenters. The second kappa shape index (κ2) is 6.11. The van der Waals surface area contributed by atoms with Crippen LogP contribution in [0.15, 0.2) is 0 Å². The molecule has 2 aliphatic heterocycles. The van der Waals surface area contributed by atoms with E-state index in [4.69, 9.17) is 28.4 Å². The van der Waals surface area contributed by atoms with Crippen LogP contribution >= 0.6 is 0 Å². The first-order chi connectivity index (χ1) is 10.1. The lowest BCUT2D eigenvalue weighted by molar-refractivity contribution is -0.196. The van der Waals surface area contributed by atoms with Gasteiger partial charge in [0.25, 0.3) is 6.47 Å². The van der Waals surface area contributed by atoms with Crippen molar-refractivity contribution in [1.29, 1.82) is 0 Å². The van der Waals surface area contributed by atoms with Crippen LogP contribution in [0.2, 0.25) is 0 Å². The van der Waals surface area contributed by atoms with Crippen molar-refractivity contribution < 1.29 is 38.0 Å². The van der Waals surface area contributed by atoms with Gasteiger partial charge in [-0.15, -0.1) is 0 Å². The predicted octanol–water partition coefficient (Wildman–Crippen LogP) is 0.720. The van der Waals surface area contributed by atoms with E-state index in [1.807, 2.05) is 0 Å². The van der Waals surface area contributed by atoms with Gasteiger partial charge < -0.3 is 28.4 Å². The molecule has 8 heteroatoms. The van der Waals surface area contributed by atoms with Gasteiger partial charge in [0.1, 0.15) is 6.10 Å². The second-order valence-electron chi connectivity index (χ2n) is 6.14. The average molecular weight is 318 g/mol. The SMILES string of the molecule is CC(=O)OC1OC(C)(C)O[C@H]1[C@H](OC=O)[C@H]1COC(C)(C)O1. The summed E-state index contributed by atoms with van der Waals surface area (Å²) in [5.74, 6) is -2.30. The highest BCUT2D eigenvalue weighted by Crippen LogP contribution is 2.35. The Morgan fingerprint density at radius 2 is 1.86 bits per heavy atom. The van der Waals surface area contributed by atoms with Crippen molar-refractivity contribution in [3.05, 3.63) is 0 Å². The van der Waals surface area contributed by atoms with Crippen LogP contribution in [0.25, 0.3) is 0 Å². The molecule has 0 N–H and O–H groups in total. The fourth-order valence-corrected chi connectivity index (χ4v) is 2.55. The van der Waals surface area contributed by atoms with Gasteiger partial charge in [0.15, 0.2) is 23.8 Å². The molecule has 0 aliphatic carbocycles. The summed E-state index contributed by atoms with van der Waals surface area (Å²) in [7, 11) is 0. The number of hydrogen-bond donors (Lipinski definition) is 0. The lowest BCUT2D eigenvalue weighted by atomic mass is 10.1. The second-order valence-corrected chi connectivity index (χ2v) is 6.14. The molecular formula is C14H22O8. The van der Waals surface area contributed by atoms with E-state index in [9.17, 15) is 9.59 Å². The van der Waals surface area contributed by atoms with E-state index in [1.165, 1.54) is 6.92 Å². The lowest BCUT2D eigenvalue weighted by Crippen LogP contribution is -2.47. The molecule has 2 saturated heterocycles. The third-order valence-corrected chi connectivity index (χ3v) is 3.30. The van der Waals surface area contributed by atoms with Crippen LogP contribution in [0.4, 0.5) is 0 Å². The first-order valence-corrected chi connectivity index (χ1v) is 7.07. The minimum absolute atomic E-state index is 0.221. The minimum atomic E-state index is -0.996. The van der Waals surface area contributed by atoms with Crippen molar-refractivity contribution in [2.24, 2.45) is 0 Å². The highest BCUT2D eigenvalue weighted by Gasteiger charge is 2.53. The molecule has 2 rings (SSSR count). The zero-order valence-electron chi connectivity index (χ0n) is 13.4. The van der Waals surface area contributed by atoms with Crippen LogP contribution in [0, 0.1) is 0 Å². The summed E-state index contributed by atoms with van der Waals surface area (Å²) < 4.78 is 32.7. The molecule has 0 radical (unpaired) electrons. The van der Waals surface area contributed by atoms with Crippen LogP contribution in [0.1, 0.15) is 34.6 Å². The Bertz CT molecular complexity index is 433. The standard InChI is InChI=1S/C14H22O8/c1-8(16)19-12-11(21-14(4,5)22-12)10(17-7-15)9-6-18-13(2,3)20-9/h7,9-12H,6H2,1-5H3/t9-,10-,11+,12?/m1/s1. The molecule has 4 atom stereocenters. The normalized spacial score (nSPS) is 34.1. The van der Waals surface area contributed by atoms with E-state index in [1.54, 1.807) is 27.7 Å². The van der Waals surface area contributed by atoms with Gasteiger partial charge in [0.05, 0.1) is 6.61 Å². The molecule has 0 amide bonds. The number of carbonyl (C=O) groups excluding carboxylic acids is 2. The van der Waals surface area contributed by atoms with E-state index >= 15 is 0 Å². The minimum Gasteiger partial charge on any atom is -0.459 e. The Morgan fingerprint density at radius 3 is 2.36 bits per heavy atom. The van der Waals surface area contributed by atoms with Gasteiger partial charge in [-0.1, -0.05) is 0 Å². The van der Waals surface area contributed by atoms with Crippen molar-refractivity contribution in [3.8, 4) is 0 Å². The molecule has 126 valence electrons. The summed E-state index contributed by atoms with van der Waals surface area (Å²) in [5, 5.41) is 0.